The predicted molar refractivity (Wildman–Crippen MR) is 83.4 cm³/mol. The standard InChI is InChI=1S/C16H22F2N2O4/c1-15(2,3)24-14(21)20-11-8-12(17)13(19-9-11)23-10-16(18)4-6-22-7-5-16/h8-9H,4-7,10H2,1-3H3,(H,20,21). The molecule has 1 aromatic rings. The van der Waals surface area contributed by atoms with Gasteiger partial charge in [-0.25, -0.2) is 18.6 Å². The van der Waals surface area contributed by atoms with Gasteiger partial charge in [0, 0.05) is 32.1 Å². The summed E-state index contributed by atoms with van der Waals surface area (Å²) in [5, 5.41) is 2.37. The Balaban J connectivity index is 1.93. The van der Waals surface area contributed by atoms with E-state index >= 15 is 0 Å². The molecule has 1 fully saturated rings. The first kappa shape index (κ1) is 18.4. The fourth-order valence-corrected chi connectivity index (χ4v) is 2.10. The van der Waals surface area contributed by atoms with Gasteiger partial charge in [-0.05, 0) is 20.8 Å². The molecule has 1 N–H and O–H groups in total. The second kappa shape index (κ2) is 7.29. The molecule has 0 aliphatic carbocycles. The van der Waals surface area contributed by atoms with E-state index in [4.69, 9.17) is 14.2 Å². The monoisotopic (exact) mass is 344 g/mol. The zero-order valence-corrected chi connectivity index (χ0v) is 14.0. The molecule has 0 aromatic carbocycles. The van der Waals surface area contributed by atoms with Crippen LogP contribution >= 0.6 is 0 Å². The van der Waals surface area contributed by atoms with Gasteiger partial charge in [0.25, 0.3) is 5.88 Å². The summed E-state index contributed by atoms with van der Waals surface area (Å²) >= 11 is 0. The average molecular weight is 344 g/mol. The fraction of sp³-hybridized carbons (Fsp3) is 0.625. The minimum absolute atomic E-state index is 0.120. The maximum atomic E-state index is 14.4. The quantitative estimate of drug-likeness (QED) is 0.906. The lowest BCUT2D eigenvalue weighted by Gasteiger charge is -2.28. The smallest absolute Gasteiger partial charge is 0.412 e. The molecule has 0 spiro atoms. The van der Waals surface area contributed by atoms with Gasteiger partial charge in [0.1, 0.15) is 17.9 Å². The van der Waals surface area contributed by atoms with Crippen LogP contribution < -0.4 is 10.1 Å². The lowest BCUT2D eigenvalue weighted by molar-refractivity contribution is -0.0337. The molecule has 1 amide bonds. The summed E-state index contributed by atoms with van der Waals surface area (Å²) in [6.45, 7) is 5.48. The highest BCUT2D eigenvalue weighted by Gasteiger charge is 2.33. The van der Waals surface area contributed by atoms with Gasteiger partial charge in [-0.3, -0.25) is 5.32 Å². The van der Waals surface area contributed by atoms with Crippen molar-refractivity contribution in [3.05, 3.63) is 18.1 Å². The summed E-state index contributed by atoms with van der Waals surface area (Å²) in [4.78, 5) is 15.4. The third-order valence-electron chi connectivity index (χ3n) is 3.31. The summed E-state index contributed by atoms with van der Waals surface area (Å²) in [7, 11) is 0. The van der Waals surface area contributed by atoms with E-state index in [9.17, 15) is 13.6 Å². The molecule has 0 unspecified atom stereocenters. The molecule has 2 rings (SSSR count). The van der Waals surface area contributed by atoms with Gasteiger partial charge in [0.2, 0.25) is 0 Å². The number of hydrogen-bond donors (Lipinski definition) is 1. The van der Waals surface area contributed by atoms with Gasteiger partial charge >= 0.3 is 6.09 Å². The van der Waals surface area contributed by atoms with E-state index in [2.05, 4.69) is 10.3 Å². The molecule has 1 saturated heterocycles. The van der Waals surface area contributed by atoms with E-state index < -0.39 is 23.2 Å². The van der Waals surface area contributed by atoms with Crippen molar-refractivity contribution in [1.29, 1.82) is 0 Å². The highest BCUT2D eigenvalue weighted by atomic mass is 19.1. The van der Waals surface area contributed by atoms with Gasteiger partial charge in [0.15, 0.2) is 5.82 Å². The van der Waals surface area contributed by atoms with Crippen LogP contribution in [0.1, 0.15) is 33.6 Å². The molecule has 8 heteroatoms. The Kier molecular flexibility index (Phi) is 5.58. The van der Waals surface area contributed by atoms with Crippen molar-refractivity contribution >= 4 is 11.8 Å². The number of hydrogen-bond acceptors (Lipinski definition) is 5. The van der Waals surface area contributed by atoms with Crippen molar-refractivity contribution in [3.63, 3.8) is 0 Å². The van der Waals surface area contributed by atoms with Gasteiger partial charge in [-0.2, -0.15) is 0 Å². The molecule has 6 nitrogen and oxygen atoms in total. The molecule has 1 aromatic heterocycles. The molecule has 0 radical (unpaired) electrons. The van der Waals surface area contributed by atoms with E-state index in [1.165, 1.54) is 6.20 Å². The van der Waals surface area contributed by atoms with Crippen LogP contribution in [0.2, 0.25) is 0 Å². The Hall–Kier alpha value is -1.96. The Morgan fingerprint density at radius 2 is 2.08 bits per heavy atom. The molecule has 0 atom stereocenters. The van der Waals surface area contributed by atoms with E-state index in [1.54, 1.807) is 20.8 Å². The highest BCUT2D eigenvalue weighted by molar-refractivity contribution is 5.84. The number of carbonyl (C=O) groups is 1. The number of pyridine rings is 1. The lowest BCUT2D eigenvalue weighted by Crippen LogP contribution is -2.37. The molecule has 0 bridgehead atoms. The first-order valence-electron chi connectivity index (χ1n) is 7.72. The van der Waals surface area contributed by atoms with Crippen LogP contribution in [0.3, 0.4) is 0 Å². The minimum atomic E-state index is -1.54. The molecule has 134 valence electrons. The molecule has 1 aliphatic rings. The van der Waals surface area contributed by atoms with Crippen LogP contribution in [0.4, 0.5) is 19.3 Å². The number of alkyl halides is 1. The second-order valence-electron chi connectivity index (χ2n) is 6.69. The summed E-state index contributed by atoms with van der Waals surface area (Å²) in [5.41, 5.74) is -2.09. The normalized spacial score (nSPS) is 17.2. The van der Waals surface area contributed by atoms with Gasteiger partial charge < -0.3 is 14.2 Å². The fourth-order valence-electron chi connectivity index (χ4n) is 2.10. The Morgan fingerprint density at radius 3 is 2.67 bits per heavy atom. The number of carbonyl (C=O) groups excluding carboxylic acids is 1. The topological polar surface area (TPSA) is 69.7 Å². The van der Waals surface area contributed by atoms with E-state index in [-0.39, 0.29) is 31.0 Å². The summed E-state index contributed by atoms with van der Waals surface area (Å²) < 4.78 is 43.7. The molecule has 24 heavy (non-hydrogen) atoms. The summed E-state index contributed by atoms with van der Waals surface area (Å²) in [6, 6.07) is 1.04. The van der Waals surface area contributed by atoms with E-state index in [0.717, 1.165) is 6.07 Å². The minimum Gasteiger partial charge on any atom is -0.472 e. The van der Waals surface area contributed by atoms with Crippen LogP contribution in [0, 0.1) is 5.82 Å². The molecule has 1 aliphatic heterocycles. The second-order valence-corrected chi connectivity index (χ2v) is 6.69. The first-order valence-corrected chi connectivity index (χ1v) is 7.72. The Morgan fingerprint density at radius 1 is 1.42 bits per heavy atom. The highest BCUT2D eigenvalue weighted by Crippen LogP contribution is 2.27. The van der Waals surface area contributed by atoms with Gasteiger partial charge in [-0.15, -0.1) is 0 Å². The third-order valence-corrected chi connectivity index (χ3v) is 3.31. The molecular formula is C16H22F2N2O4. The number of aromatic nitrogens is 1. The maximum Gasteiger partial charge on any atom is 0.412 e. The number of nitrogens with zero attached hydrogens (tertiary/aromatic N) is 1. The number of anilines is 1. The van der Waals surface area contributed by atoms with Crippen molar-refractivity contribution in [2.24, 2.45) is 0 Å². The van der Waals surface area contributed by atoms with E-state index in [0.29, 0.717) is 13.2 Å². The van der Waals surface area contributed by atoms with Crippen molar-refractivity contribution < 1.29 is 27.8 Å². The van der Waals surface area contributed by atoms with Crippen LogP contribution in [-0.2, 0) is 9.47 Å². The van der Waals surface area contributed by atoms with Gasteiger partial charge in [-0.1, -0.05) is 0 Å². The van der Waals surface area contributed by atoms with Crippen LogP contribution in [0.5, 0.6) is 5.88 Å². The Bertz CT molecular complexity index is 584. The molecule has 2 heterocycles. The number of halogens is 2. The zero-order valence-electron chi connectivity index (χ0n) is 14.0. The van der Waals surface area contributed by atoms with Crippen molar-refractivity contribution in [3.8, 4) is 5.88 Å². The van der Waals surface area contributed by atoms with Crippen LogP contribution in [0.25, 0.3) is 0 Å². The van der Waals surface area contributed by atoms with Gasteiger partial charge in [0.05, 0.1) is 11.9 Å². The molecular weight excluding hydrogens is 322 g/mol. The SMILES string of the molecule is CC(C)(C)OC(=O)Nc1cnc(OCC2(F)CCOCC2)c(F)c1. The van der Waals surface area contributed by atoms with Crippen molar-refractivity contribution in [1.82, 2.24) is 4.98 Å². The maximum absolute atomic E-state index is 14.4. The van der Waals surface area contributed by atoms with E-state index in [1.807, 2.05) is 0 Å². The van der Waals surface area contributed by atoms with Crippen molar-refractivity contribution in [2.45, 2.75) is 44.9 Å². The first-order chi connectivity index (χ1) is 11.2. The average Bonchev–Trinajstić information content (AvgIpc) is 2.45. The number of nitrogens with one attached hydrogen (secondary N) is 1. The zero-order chi connectivity index (χ0) is 17.8. The number of amides is 1. The van der Waals surface area contributed by atoms with Crippen LogP contribution in [0.15, 0.2) is 12.3 Å². The number of rotatable bonds is 4. The lowest BCUT2D eigenvalue weighted by atomic mass is 9.98. The van der Waals surface area contributed by atoms with Crippen LogP contribution in [-0.4, -0.2) is 42.2 Å². The Labute approximate surface area is 139 Å². The van der Waals surface area contributed by atoms with Crippen molar-refractivity contribution in [2.75, 3.05) is 25.1 Å². The largest absolute Gasteiger partial charge is 0.472 e. The summed E-state index contributed by atoms with van der Waals surface area (Å²) in [6.07, 6.45) is 0.902. The number of ether oxygens (including phenoxy) is 3. The summed E-state index contributed by atoms with van der Waals surface area (Å²) in [5.74, 6) is -1.10. The predicted octanol–water partition coefficient (Wildman–Crippen LogP) is 3.47. The third kappa shape index (κ3) is 5.59. The molecule has 0 saturated carbocycles.